The largest absolute Gasteiger partial charge is 0.480 e. The molecule has 1 amide bonds. The van der Waals surface area contributed by atoms with Crippen molar-refractivity contribution in [3.63, 3.8) is 0 Å². The number of nitrogens with one attached hydrogen (secondary N) is 1. The summed E-state index contributed by atoms with van der Waals surface area (Å²) in [6.45, 7) is -0.742. The lowest BCUT2D eigenvalue weighted by Gasteiger charge is -2.11. The van der Waals surface area contributed by atoms with Gasteiger partial charge >= 0.3 is 5.97 Å². The summed E-state index contributed by atoms with van der Waals surface area (Å²) in [5.41, 5.74) is -0.108. The summed E-state index contributed by atoms with van der Waals surface area (Å²) >= 11 is 0. The third-order valence-electron chi connectivity index (χ3n) is 2.13. The van der Waals surface area contributed by atoms with E-state index in [0.717, 1.165) is 12.1 Å². The Kier molecular flexibility index (Phi) is 4.33. The lowest BCUT2D eigenvalue weighted by Crippen LogP contribution is -2.43. The minimum Gasteiger partial charge on any atom is -0.480 e. The highest BCUT2D eigenvalue weighted by atomic mass is 16.6. The van der Waals surface area contributed by atoms with Crippen molar-refractivity contribution in [3.8, 4) is 0 Å². The number of carbonyl (C=O) groups is 2. The van der Waals surface area contributed by atoms with Crippen molar-refractivity contribution in [2.24, 2.45) is 0 Å². The second kappa shape index (κ2) is 5.73. The number of aliphatic hydroxyl groups excluding tert-OH is 1. The van der Waals surface area contributed by atoms with E-state index in [-0.39, 0.29) is 11.3 Å². The molecule has 1 atom stereocenters. The average Bonchev–Trinajstić information content (AvgIpc) is 2.35. The van der Waals surface area contributed by atoms with Crippen LogP contribution in [-0.2, 0) is 4.79 Å². The number of amides is 1. The van der Waals surface area contributed by atoms with Crippen molar-refractivity contribution in [3.05, 3.63) is 39.9 Å². The smallest absolute Gasteiger partial charge is 0.328 e. The van der Waals surface area contributed by atoms with Crippen LogP contribution in [0.25, 0.3) is 0 Å². The lowest BCUT2D eigenvalue weighted by molar-refractivity contribution is -0.384. The molecule has 0 aliphatic rings. The molecule has 0 aliphatic carbocycles. The van der Waals surface area contributed by atoms with Gasteiger partial charge in [0.2, 0.25) is 0 Å². The number of hydrogen-bond donors (Lipinski definition) is 3. The number of carbonyl (C=O) groups excluding carboxylic acids is 1. The van der Waals surface area contributed by atoms with Crippen LogP contribution in [0.4, 0.5) is 5.69 Å². The molecule has 18 heavy (non-hydrogen) atoms. The van der Waals surface area contributed by atoms with Gasteiger partial charge in [-0.15, -0.1) is 0 Å². The molecule has 0 aliphatic heterocycles. The van der Waals surface area contributed by atoms with Gasteiger partial charge in [-0.05, 0) is 12.1 Å². The lowest BCUT2D eigenvalue weighted by atomic mass is 10.2. The minimum atomic E-state index is -1.41. The number of rotatable bonds is 5. The van der Waals surface area contributed by atoms with Crippen LogP contribution in [0.15, 0.2) is 24.3 Å². The van der Waals surface area contributed by atoms with Crippen molar-refractivity contribution in [2.75, 3.05) is 6.61 Å². The van der Waals surface area contributed by atoms with Gasteiger partial charge in [0.05, 0.1) is 11.5 Å². The van der Waals surface area contributed by atoms with Crippen LogP contribution in [0.5, 0.6) is 0 Å². The van der Waals surface area contributed by atoms with Gasteiger partial charge in [0.1, 0.15) is 0 Å². The number of hydrogen-bond acceptors (Lipinski definition) is 5. The summed E-state index contributed by atoms with van der Waals surface area (Å²) in [7, 11) is 0. The van der Waals surface area contributed by atoms with E-state index in [0.29, 0.717) is 0 Å². The topological polar surface area (TPSA) is 130 Å². The monoisotopic (exact) mass is 254 g/mol. The van der Waals surface area contributed by atoms with E-state index in [1.165, 1.54) is 12.1 Å². The molecule has 0 bridgehead atoms. The Morgan fingerprint density at radius 2 is 1.89 bits per heavy atom. The second-order valence-electron chi connectivity index (χ2n) is 3.35. The van der Waals surface area contributed by atoms with Gasteiger partial charge in [-0.3, -0.25) is 14.9 Å². The molecule has 0 unspecified atom stereocenters. The van der Waals surface area contributed by atoms with E-state index in [1.807, 2.05) is 0 Å². The number of carboxylic acids is 1. The van der Waals surface area contributed by atoms with Crippen molar-refractivity contribution < 1.29 is 24.7 Å². The van der Waals surface area contributed by atoms with E-state index >= 15 is 0 Å². The number of non-ortho nitro benzene ring substituents is 1. The van der Waals surface area contributed by atoms with Gasteiger partial charge in [-0.25, -0.2) is 4.79 Å². The molecule has 0 heterocycles. The zero-order chi connectivity index (χ0) is 13.7. The highest BCUT2D eigenvalue weighted by molar-refractivity contribution is 5.96. The Labute approximate surface area is 101 Å². The van der Waals surface area contributed by atoms with Crippen LogP contribution in [-0.4, -0.2) is 39.7 Å². The molecule has 1 rings (SSSR count). The van der Waals surface area contributed by atoms with Gasteiger partial charge in [0.25, 0.3) is 11.6 Å². The van der Waals surface area contributed by atoms with Gasteiger partial charge in [-0.1, -0.05) is 0 Å². The molecule has 0 fully saturated rings. The molecule has 3 N–H and O–H groups in total. The number of nitro benzene ring substituents is 1. The summed E-state index contributed by atoms with van der Waals surface area (Å²) in [5.74, 6) is -2.10. The fourth-order valence-electron chi connectivity index (χ4n) is 1.16. The maximum atomic E-state index is 11.5. The molecule has 0 aromatic heterocycles. The van der Waals surface area contributed by atoms with Crippen LogP contribution < -0.4 is 5.32 Å². The third kappa shape index (κ3) is 3.25. The zero-order valence-electron chi connectivity index (χ0n) is 9.07. The standard InChI is InChI=1S/C10H10N2O6/c13-5-8(10(15)16)11-9(14)6-1-3-7(4-2-6)12(17)18/h1-4,8,13H,5H2,(H,11,14)(H,15,16)/t8-/m0/s1. The number of carboxylic acid groups (broad SMARTS) is 1. The fourth-order valence-corrected chi connectivity index (χ4v) is 1.16. The SMILES string of the molecule is O=C(N[C@@H](CO)C(=O)O)c1ccc([N+](=O)[O-])cc1. The van der Waals surface area contributed by atoms with Gasteiger partial charge < -0.3 is 15.5 Å². The Balaban J connectivity index is 2.78. The van der Waals surface area contributed by atoms with E-state index < -0.39 is 29.4 Å². The normalized spacial score (nSPS) is 11.6. The summed E-state index contributed by atoms with van der Waals surface area (Å²) in [4.78, 5) is 31.9. The molecule has 0 saturated heterocycles. The Morgan fingerprint density at radius 3 is 2.28 bits per heavy atom. The first-order chi connectivity index (χ1) is 8.45. The number of aliphatic hydroxyl groups is 1. The van der Waals surface area contributed by atoms with Gasteiger partial charge in [0.15, 0.2) is 6.04 Å². The Hall–Kier alpha value is -2.48. The van der Waals surface area contributed by atoms with Crippen molar-refractivity contribution in [1.82, 2.24) is 5.32 Å². The average molecular weight is 254 g/mol. The molecule has 0 saturated carbocycles. The third-order valence-corrected chi connectivity index (χ3v) is 2.13. The van der Waals surface area contributed by atoms with Crippen molar-refractivity contribution in [1.29, 1.82) is 0 Å². The first-order valence-corrected chi connectivity index (χ1v) is 4.84. The summed E-state index contributed by atoms with van der Waals surface area (Å²) in [6, 6.07) is 3.24. The maximum absolute atomic E-state index is 11.5. The second-order valence-corrected chi connectivity index (χ2v) is 3.35. The predicted molar refractivity (Wildman–Crippen MR) is 59.1 cm³/mol. The molecule has 1 aromatic rings. The summed E-state index contributed by atoms with van der Waals surface area (Å²) < 4.78 is 0. The highest BCUT2D eigenvalue weighted by Gasteiger charge is 2.19. The molecule has 0 radical (unpaired) electrons. The summed E-state index contributed by atoms with van der Waals surface area (Å²) in [5, 5.41) is 29.8. The summed E-state index contributed by atoms with van der Waals surface area (Å²) in [6.07, 6.45) is 0. The van der Waals surface area contributed by atoms with Gasteiger partial charge in [0, 0.05) is 17.7 Å². The van der Waals surface area contributed by atoms with Crippen LogP contribution in [0, 0.1) is 10.1 Å². The molecular weight excluding hydrogens is 244 g/mol. The Bertz CT molecular complexity index is 470. The quantitative estimate of drug-likeness (QED) is 0.491. The highest BCUT2D eigenvalue weighted by Crippen LogP contribution is 2.11. The van der Waals surface area contributed by atoms with Gasteiger partial charge in [-0.2, -0.15) is 0 Å². The number of benzene rings is 1. The van der Waals surface area contributed by atoms with E-state index in [4.69, 9.17) is 10.2 Å². The minimum absolute atomic E-state index is 0.0697. The molecular formula is C10H10N2O6. The van der Waals surface area contributed by atoms with Crippen LogP contribution in [0.1, 0.15) is 10.4 Å². The van der Waals surface area contributed by atoms with E-state index in [9.17, 15) is 19.7 Å². The van der Waals surface area contributed by atoms with Crippen molar-refractivity contribution >= 4 is 17.6 Å². The van der Waals surface area contributed by atoms with Crippen LogP contribution in [0.3, 0.4) is 0 Å². The fraction of sp³-hybridized carbons (Fsp3) is 0.200. The van der Waals surface area contributed by atoms with E-state index in [2.05, 4.69) is 5.32 Å². The molecule has 8 nitrogen and oxygen atoms in total. The Morgan fingerprint density at radius 1 is 1.33 bits per heavy atom. The number of nitro groups is 1. The first kappa shape index (κ1) is 13.6. The molecule has 1 aromatic carbocycles. The molecule has 96 valence electrons. The van der Waals surface area contributed by atoms with E-state index in [1.54, 1.807) is 0 Å². The number of nitrogens with zero attached hydrogens (tertiary/aromatic N) is 1. The molecule has 0 spiro atoms. The van der Waals surface area contributed by atoms with Crippen LogP contribution in [0.2, 0.25) is 0 Å². The molecule has 8 heteroatoms. The zero-order valence-corrected chi connectivity index (χ0v) is 9.07. The van der Waals surface area contributed by atoms with Crippen LogP contribution >= 0.6 is 0 Å². The maximum Gasteiger partial charge on any atom is 0.328 e. The number of aliphatic carboxylic acids is 1. The predicted octanol–water partition coefficient (Wildman–Crippen LogP) is -0.230. The first-order valence-electron chi connectivity index (χ1n) is 4.84. The van der Waals surface area contributed by atoms with Crippen molar-refractivity contribution in [2.45, 2.75) is 6.04 Å².